The van der Waals surface area contributed by atoms with Crippen molar-refractivity contribution in [1.29, 1.82) is 0 Å². The van der Waals surface area contributed by atoms with E-state index >= 15 is 0 Å². The number of nitrogens with one attached hydrogen (secondary N) is 1. The number of hydrogen-bond donors (Lipinski definition) is 1. The maximum atomic E-state index is 12.3. The van der Waals surface area contributed by atoms with E-state index in [2.05, 4.69) is 22.0 Å². The minimum Gasteiger partial charge on any atom is -0.452 e. The number of nitrogens with zero attached hydrogens (tertiary/aromatic N) is 2. The molecule has 3 aromatic rings. The minimum absolute atomic E-state index is 0.327. The first-order valence-electron chi connectivity index (χ1n) is 10.7. The van der Waals surface area contributed by atoms with E-state index in [1.165, 1.54) is 0 Å². The largest absolute Gasteiger partial charge is 0.452 e. The number of likely N-dealkylation sites (N-methyl/N-ethyl adjacent to an activating group) is 1. The Morgan fingerprint density at radius 3 is 2.32 bits per heavy atom. The molecule has 6 heteroatoms. The van der Waals surface area contributed by atoms with E-state index < -0.39 is 5.97 Å². The summed E-state index contributed by atoms with van der Waals surface area (Å²) in [5, 5.41) is 4.79. The molecule has 4 rings (SSSR count). The van der Waals surface area contributed by atoms with Crippen molar-refractivity contribution in [2.45, 2.75) is 6.92 Å². The van der Waals surface area contributed by atoms with Gasteiger partial charge in [-0.05, 0) is 53.7 Å². The molecule has 0 spiro atoms. The van der Waals surface area contributed by atoms with E-state index in [1.807, 2.05) is 54.6 Å². The van der Waals surface area contributed by atoms with Gasteiger partial charge in [-0.15, -0.1) is 0 Å². The Balaban J connectivity index is 1.28. The van der Waals surface area contributed by atoms with Gasteiger partial charge in [0.05, 0.1) is 5.56 Å². The molecule has 1 aliphatic rings. The number of fused-ring (bicyclic) bond motifs is 1. The molecule has 0 aliphatic carbocycles. The fourth-order valence-corrected chi connectivity index (χ4v) is 3.81. The number of ether oxygens (including phenoxy) is 1. The summed E-state index contributed by atoms with van der Waals surface area (Å²) in [6, 6.07) is 20.9. The molecule has 1 heterocycles. The van der Waals surface area contributed by atoms with Crippen molar-refractivity contribution in [2.75, 3.05) is 49.5 Å². The van der Waals surface area contributed by atoms with Crippen molar-refractivity contribution in [2.24, 2.45) is 0 Å². The molecule has 1 saturated heterocycles. The molecule has 1 amide bonds. The molecule has 6 nitrogen and oxygen atoms in total. The maximum absolute atomic E-state index is 12.3. The van der Waals surface area contributed by atoms with E-state index in [4.69, 9.17) is 4.74 Å². The number of anilines is 2. The van der Waals surface area contributed by atoms with Gasteiger partial charge >= 0.3 is 5.97 Å². The van der Waals surface area contributed by atoms with Gasteiger partial charge in [-0.2, -0.15) is 0 Å². The van der Waals surface area contributed by atoms with Crippen LogP contribution >= 0.6 is 0 Å². The molecular formula is C25H27N3O3. The third-order valence-corrected chi connectivity index (χ3v) is 5.66. The van der Waals surface area contributed by atoms with Crippen molar-refractivity contribution in [3.05, 3.63) is 72.3 Å². The lowest BCUT2D eigenvalue weighted by atomic mass is 10.1. The van der Waals surface area contributed by atoms with Gasteiger partial charge in [0.15, 0.2) is 6.61 Å². The van der Waals surface area contributed by atoms with E-state index in [1.54, 1.807) is 12.1 Å². The number of benzene rings is 3. The standard InChI is InChI=1S/C25H27N3O3/c1-2-27-13-15-28(16-14-27)23-11-9-22(10-12-23)26-24(29)18-31-25(30)21-8-7-19-5-3-4-6-20(19)17-21/h3-12,17H,2,13-16,18H2,1H3,(H,26,29). The van der Waals surface area contributed by atoms with Gasteiger partial charge < -0.3 is 19.9 Å². The van der Waals surface area contributed by atoms with Crippen LogP contribution in [0.15, 0.2) is 66.7 Å². The highest BCUT2D eigenvalue weighted by Crippen LogP contribution is 2.20. The summed E-state index contributed by atoms with van der Waals surface area (Å²) in [7, 11) is 0. The van der Waals surface area contributed by atoms with Crippen molar-refractivity contribution >= 4 is 34.0 Å². The number of hydrogen-bond acceptors (Lipinski definition) is 5. The van der Waals surface area contributed by atoms with E-state index in [-0.39, 0.29) is 12.5 Å². The van der Waals surface area contributed by atoms with Crippen LogP contribution in [-0.2, 0) is 9.53 Å². The van der Waals surface area contributed by atoms with Gasteiger partial charge in [0.25, 0.3) is 5.91 Å². The summed E-state index contributed by atoms with van der Waals surface area (Å²) in [6.07, 6.45) is 0. The first kappa shape index (κ1) is 20.9. The highest BCUT2D eigenvalue weighted by atomic mass is 16.5. The second-order valence-corrected chi connectivity index (χ2v) is 7.65. The summed E-state index contributed by atoms with van der Waals surface area (Å²) in [4.78, 5) is 29.3. The second-order valence-electron chi connectivity index (χ2n) is 7.65. The average molecular weight is 418 g/mol. The molecule has 1 aliphatic heterocycles. The molecule has 0 aromatic heterocycles. The molecule has 3 aromatic carbocycles. The summed E-state index contributed by atoms with van der Waals surface area (Å²) in [5.74, 6) is -0.874. The summed E-state index contributed by atoms with van der Waals surface area (Å²) in [5.41, 5.74) is 2.26. The molecule has 1 N–H and O–H groups in total. The Labute approximate surface area is 182 Å². The van der Waals surface area contributed by atoms with E-state index in [0.29, 0.717) is 11.3 Å². The lowest BCUT2D eigenvalue weighted by Gasteiger charge is -2.35. The van der Waals surface area contributed by atoms with Crippen molar-refractivity contribution in [3.8, 4) is 0 Å². The average Bonchev–Trinajstić information content (AvgIpc) is 2.83. The van der Waals surface area contributed by atoms with Crippen LogP contribution < -0.4 is 10.2 Å². The van der Waals surface area contributed by atoms with Crippen LogP contribution in [0.4, 0.5) is 11.4 Å². The Bertz CT molecular complexity index is 1060. The number of carbonyl (C=O) groups is 2. The number of carbonyl (C=O) groups excluding carboxylic acids is 2. The zero-order valence-electron chi connectivity index (χ0n) is 17.7. The molecule has 160 valence electrons. The van der Waals surface area contributed by atoms with Crippen LogP contribution in [0.5, 0.6) is 0 Å². The van der Waals surface area contributed by atoms with Gasteiger partial charge in [0.2, 0.25) is 0 Å². The normalized spacial score (nSPS) is 14.4. The van der Waals surface area contributed by atoms with Crippen LogP contribution in [0, 0.1) is 0 Å². The predicted molar refractivity (Wildman–Crippen MR) is 124 cm³/mol. The summed E-state index contributed by atoms with van der Waals surface area (Å²) < 4.78 is 5.19. The van der Waals surface area contributed by atoms with Crippen LogP contribution in [0.2, 0.25) is 0 Å². The van der Waals surface area contributed by atoms with Crippen LogP contribution in [0.3, 0.4) is 0 Å². The van der Waals surface area contributed by atoms with Gasteiger partial charge in [-0.3, -0.25) is 4.79 Å². The molecular weight excluding hydrogens is 390 g/mol. The highest BCUT2D eigenvalue weighted by molar-refractivity contribution is 5.98. The van der Waals surface area contributed by atoms with Gasteiger partial charge in [0, 0.05) is 37.6 Å². The molecule has 0 saturated carbocycles. The van der Waals surface area contributed by atoms with Crippen LogP contribution in [0.25, 0.3) is 10.8 Å². The Hall–Kier alpha value is -3.38. The van der Waals surface area contributed by atoms with Crippen LogP contribution in [0.1, 0.15) is 17.3 Å². The second kappa shape index (κ2) is 9.62. The highest BCUT2D eigenvalue weighted by Gasteiger charge is 2.16. The minimum atomic E-state index is -0.512. The quantitative estimate of drug-likeness (QED) is 0.619. The monoisotopic (exact) mass is 417 g/mol. The van der Waals surface area contributed by atoms with Crippen molar-refractivity contribution in [1.82, 2.24) is 4.90 Å². The summed E-state index contributed by atoms with van der Waals surface area (Å²) >= 11 is 0. The third-order valence-electron chi connectivity index (χ3n) is 5.66. The fourth-order valence-electron chi connectivity index (χ4n) is 3.81. The Morgan fingerprint density at radius 1 is 0.903 bits per heavy atom. The predicted octanol–water partition coefficient (Wildman–Crippen LogP) is 3.78. The van der Waals surface area contributed by atoms with E-state index in [9.17, 15) is 9.59 Å². The van der Waals surface area contributed by atoms with Crippen molar-refractivity contribution in [3.63, 3.8) is 0 Å². The van der Waals surface area contributed by atoms with Crippen molar-refractivity contribution < 1.29 is 14.3 Å². The Kier molecular flexibility index (Phi) is 6.48. The smallest absolute Gasteiger partial charge is 0.338 e. The lowest BCUT2D eigenvalue weighted by Crippen LogP contribution is -2.46. The molecule has 0 unspecified atom stereocenters. The van der Waals surface area contributed by atoms with Gasteiger partial charge in [0.1, 0.15) is 0 Å². The molecule has 31 heavy (non-hydrogen) atoms. The molecule has 0 radical (unpaired) electrons. The van der Waals surface area contributed by atoms with E-state index in [0.717, 1.165) is 49.2 Å². The number of esters is 1. The first-order valence-corrected chi connectivity index (χ1v) is 10.7. The molecule has 1 fully saturated rings. The SMILES string of the molecule is CCN1CCN(c2ccc(NC(=O)COC(=O)c3ccc4ccccc4c3)cc2)CC1. The third kappa shape index (κ3) is 5.22. The number of amides is 1. The summed E-state index contributed by atoms with van der Waals surface area (Å²) in [6.45, 7) is 7.09. The zero-order valence-corrected chi connectivity index (χ0v) is 17.7. The Morgan fingerprint density at radius 2 is 1.61 bits per heavy atom. The topological polar surface area (TPSA) is 61.9 Å². The number of piperazine rings is 1. The fraction of sp³-hybridized carbons (Fsp3) is 0.280. The number of rotatable bonds is 6. The molecule has 0 atom stereocenters. The van der Waals surface area contributed by atoms with Gasteiger partial charge in [-0.1, -0.05) is 37.3 Å². The van der Waals surface area contributed by atoms with Crippen LogP contribution in [-0.4, -0.2) is 56.1 Å². The molecule has 0 bridgehead atoms. The zero-order chi connectivity index (χ0) is 21.6. The first-order chi connectivity index (χ1) is 15.1. The maximum Gasteiger partial charge on any atom is 0.338 e. The van der Waals surface area contributed by atoms with Gasteiger partial charge in [-0.25, -0.2) is 4.79 Å². The lowest BCUT2D eigenvalue weighted by molar-refractivity contribution is -0.119.